The summed E-state index contributed by atoms with van der Waals surface area (Å²) in [6, 6.07) is 34.7. The van der Waals surface area contributed by atoms with Crippen LogP contribution in [-0.2, 0) is 4.57 Å². The van der Waals surface area contributed by atoms with E-state index in [0.29, 0.717) is 0 Å². The van der Waals surface area contributed by atoms with E-state index in [2.05, 4.69) is 65.2 Å². The molecule has 5 rings (SSSR count). The van der Waals surface area contributed by atoms with E-state index in [0.717, 1.165) is 16.3 Å². The van der Waals surface area contributed by atoms with Crippen molar-refractivity contribution in [1.82, 2.24) is 4.57 Å². The summed E-state index contributed by atoms with van der Waals surface area (Å²) in [4.78, 5) is 0. The second-order valence-corrected chi connectivity index (χ2v) is 8.42. The van der Waals surface area contributed by atoms with Gasteiger partial charge in [0.2, 0.25) is 0 Å². The van der Waals surface area contributed by atoms with E-state index in [1.807, 2.05) is 42.5 Å². The van der Waals surface area contributed by atoms with Crippen LogP contribution in [0.4, 0.5) is 0 Å². The summed E-state index contributed by atoms with van der Waals surface area (Å²) in [7, 11) is -1.97. The number of benzene rings is 4. The van der Waals surface area contributed by atoms with Gasteiger partial charge < -0.3 is 9.13 Å². The number of fused-ring (bicyclic) bond motifs is 3. The van der Waals surface area contributed by atoms with Crippen molar-refractivity contribution in [2.24, 2.45) is 0 Å². The third-order valence-corrected chi connectivity index (χ3v) is 6.72. The average Bonchev–Trinajstić information content (AvgIpc) is 3.08. The maximum Gasteiger partial charge on any atom is 0.131 e. The molecule has 0 bridgehead atoms. The van der Waals surface area contributed by atoms with Crippen molar-refractivity contribution in [3.8, 4) is 5.69 Å². The van der Waals surface area contributed by atoms with Gasteiger partial charge in [0.15, 0.2) is 0 Å². The lowest BCUT2D eigenvalue weighted by atomic mass is 10.2. The number of hydrogen-bond acceptors (Lipinski definition) is 1. The minimum Gasteiger partial charge on any atom is -0.317 e. The van der Waals surface area contributed by atoms with Gasteiger partial charge in [0.25, 0.3) is 0 Å². The van der Waals surface area contributed by atoms with E-state index in [1.54, 1.807) is 0 Å². The van der Waals surface area contributed by atoms with Gasteiger partial charge in [0, 0.05) is 27.1 Å². The van der Waals surface area contributed by atoms with Crippen molar-refractivity contribution in [2.75, 3.05) is 0 Å². The third-order valence-electron chi connectivity index (χ3n) is 5.00. The van der Waals surface area contributed by atoms with Gasteiger partial charge in [-0.15, -0.1) is 0 Å². The van der Waals surface area contributed by atoms with E-state index >= 15 is 0 Å². The molecule has 0 N–H and O–H groups in total. The normalized spacial score (nSPS) is 12.4. The smallest absolute Gasteiger partial charge is 0.131 e. The first-order valence-electron chi connectivity index (χ1n) is 9.01. The lowest BCUT2D eigenvalue weighted by Gasteiger charge is -2.09. The zero-order valence-electron chi connectivity index (χ0n) is 14.7. The minimum atomic E-state index is -1.97. The first-order valence-corrected chi connectivity index (χ1v) is 10.4. The molecular weight excluding hydrogens is 349 g/mol. The number of nitrogens with zero attached hydrogens (tertiary/aromatic N) is 1. The number of hydrogen-bond donors (Lipinski definition) is 0. The molecule has 1 aromatic heterocycles. The van der Waals surface area contributed by atoms with Crippen LogP contribution in [0.3, 0.4) is 0 Å². The number of rotatable bonds is 3. The first kappa shape index (κ1) is 16.1. The molecule has 130 valence electrons. The van der Waals surface area contributed by atoms with E-state index in [1.165, 1.54) is 21.8 Å². The lowest BCUT2D eigenvalue weighted by Crippen LogP contribution is -2.06. The quantitative estimate of drug-likeness (QED) is 0.397. The largest absolute Gasteiger partial charge is 0.317 e. The molecule has 4 aromatic carbocycles. The van der Waals surface area contributed by atoms with Crippen LogP contribution in [-0.4, -0.2) is 4.57 Å². The van der Waals surface area contributed by atoms with Crippen molar-refractivity contribution in [2.45, 2.75) is 0 Å². The molecule has 2 nitrogen and oxygen atoms in total. The Balaban J connectivity index is 1.64. The van der Waals surface area contributed by atoms with Crippen molar-refractivity contribution in [3.05, 3.63) is 103 Å². The Morgan fingerprint density at radius 3 is 1.59 bits per heavy atom. The van der Waals surface area contributed by atoms with Gasteiger partial charge in [0.1, 0.15) is 7.80 Å². The topological polar surface area (TPSA) is 22.0 Å². The maximum absolute atomic E-state index is 12.8. The molecule has 1 heterocycles. The van der Waals surface area contributed by atoms with Crippen LogP contribution >= 0.6 is 7.80 Å². The Morgan fingerprint density at radius 1 is 0.519 bits per heavy atom. The fourth-order valence-corrected chi connectivity index (χ4v) is 5.02. The van der Waals surface area contributed by atoms with E-state index in [-0.39, 0.29) is 0 Å². The van der Waals surface area contributed by atoms with Crippen LogP contribution in [0.2, 0.25) is 0 Å². The molecule has 0 aliphatic heterocycles. The van der Waals surface area contributed by atoms with E-state index in [4.69, 9.17) is 0 Å². The monoisotopic (exact) mass is 367 g/mol. The van der Waals surface area contributed by atoms with E-state index < -0.39 is 7.80 Å². The van der Waals surface area contributed by atoms with Crippen LogP contribution < -0.4 is 10.6 Å². The van der Waals surface area contributed by atoms with E-state index in [9.17, 15) is 4.57 Å². The summed E-state index contributed by atoms with van der Waals surface area (Å²) >= 11 is 0. The van der Waals surface area contributed by atoms with Crippen LogP contribution in [0.5, 0.6) is 0 Å². The van der Waals surface area contributed by atoms with Gasteiger partial charge in [-0.05, 0) is 36.4 Å². The fraction of sp³-hybridized carbons (Fsp3) is 0. The van der Waals surface area contributed by atoms with Gasteiger partial charge in [0.05, 0.1) is 11.0 Å². The van der Waals surface area contributed by atoms with Crippen molar-refractivity contribution < 1.29 is 4.57 Å². The maximum atomic E-state index is 12.8. The second-order valence-electron chi connectivity index (χ2n) is 6.61. The highest BCUT2D eigenvalue weighted by molar-refractivity contribution is 7.61. The van der Waals surface area contributed by atoms with Gasteiger partial charge in [-0.1, -0.05) is 66.7 Å². The number of aromatic nitrogens is 1. The Labute approximate surface area is 158 Å². The highest BCUT2D eigenvalue weighted by Crippen LogP contribution is 2.31. The molecule has 27 heavy (non-hydrogen) atoms. The minimum absolute atomic E-state index is 0.885. The Bertz CT molecular complexity index is 1220. The summed E-state index contributed by atoms with van der Waals surface area (Å²) in [6.45, 7) is 0. The molecule has 0 amide bonds. The van der Waals surface area contributed by atoms with Crippen LogP contribution in [0.15, 0.2) is 103 Å². The Kier molecular flexibility index (Phi) is 3.92. The molecule has 0 saturated carbocycles. The Hall–Kier alpha value is -3.09. The molecule has 0 spiro atoms. The summed E-state index contributed by atoms with van der Waals surface area (Å²) in [5.74, 6) is 0. The highest BCUT2D eigenvalue weighted by atomic mass is 31.1. The molecule has 0 fully saturated rings. The molecule has 1 atom stereocenters. The second kappa shape index (κ2) is 6.57. The third kappa shape index (κ3) is 2.70. The summed E-state index contributed by atoms with van der Waals surface area (Å²) < 4.78 is 15.1. The van der Waals surface area contributed by atoms with Gasteiger partial charge in [-0.3, -0.25) is 0 Å². The van der Waals surface area contributed by atoms with Gasteiger partial charge in [-0.25, -0.2) is 0 Å². The first-order chi connectivity index (χ1) is 13.3. The predicted octanol–water partition coefficient (Wildman–Crippen LogP) is 5.29. The highest BCUT2D eigenvalue weighted by Gasteiger charge is 2.12. The molecule has 0 radical (unpaired) electrons. The molecule has 5 aromatic rings. The van der Waals surface area contributed by atoms with Crippen LogP contribution in [0.1, 0.15) is 0 Å². The summed E-state index contributed by atoms with van der Waals surface area (Å²) in [6.07, 6.45) is 0. The fourth-order valence-electron chi connectivity index (χ4n) is 3.72. The van der Waals surface area contributed by atoms with Crippen LogP contribution in [0.25, 0.3) is 27.5 Å². The van der Waals surface area contributed by atoms with Gasteiger partial charge >= 0.3 is 0 Å². The number of para-hydroxylation sites is 2. The standard InChI is InChI=1S/C24H18NOP/c26-27(19-8-2-1-3-9-19)20-16-14-18(15-17-20)25-23-12-6-4-10-21(23)22-11-5-7-13-24(22)25/h1-17,27H. The molecule has 3 heteroatoms. The molecule has 0 aliphatic carbocycles. The zero-order valence-corrected chi connectivity index (χ0v) is 15.7. The molecular formula is C24H18NOP. The zero-order chi connectivity index (χ0) is 18.2. The van der Waals surface area contributed by atoms with Crippen LogP contribution in [0, 0.1) is 0 Å². The molecule has 0 saturated heterocycles. The average molecular weight is 367 g/mol. The molecule has 1 unspecified atom stereocenters. The summed E-state index contributed by atoms with van der Waals surface area (Å²) in [5, 5.41) is 4.27. The molecule has 0 aliphatic rings. The lowest BCUT2D eigenvalue weighted by molar-refractivity contribution is 0.598. The predicted molar refractivity (Wildman–Crippen MR) is 115 cm³/mol. The van der Waals surface area contributed by atoms with Gasteiger partial charge in [-0.2, -0.15) is 0 Å². The van der Waals surface area contributed by atoms with Crippen molar-refractivity contribution in [1.29, 1.82) is 0 Å². The summed E-state index contributed by atoms with van der Waals surface area (Å²) in [5.41, 5.74) is 3.45. The van der Waals surface area contributed by atoms with Crippen molar-refractivity contribution in [3.63, 3.8) is 0 Å². The SMILES string of the molecule is O=[PH](c1ccccc1)c1ccc(-n2c3ccccc3c3ccccc32)cc1. The van der Waals surface area contributed by atoms with Crippen molar-refractivity contribution >= 4 is 40.2 Å². The Morgan fingerprint density at radius 2 is 1.00 bits per heavy atom.